The van der Waals surface area contributed by atoms with Gasteiger partial charge in [0.15, 0.2) is 6.61 Å². The van der Waals surface area contributed by atoms with Crippen LogP contribution in [0.1, 0.15) is 38.1 Å². The van der Waals surface area contributed by atoms with E-state index in [1.165, 1.54) is 19.1 Å². The summed E-state index contributed by atoms with van der Waals surface area (Å²) >= 11 is 5.76. The van der Waals surface area contributed by atoms with Crippen molar-refractivity contribution in [3.05, 3.63) is 34.9 Å². The van der Waals surface area contributed by atoms with Gasteiger partial charge in [-0.1, -0.05) is 25.4 Å². The maximum atomic E-state index is 12.0. The summed E-state index contributed by atoms with van der Waals surface area (Å²) in [6.07, 6.45) is 0. The molecule has 140 valence electrons. The number of benzene rings is 1. The van der Waals surface area contributed by atoms with Crippen molar-refractivity contribution in [1.29, 1.82) is 5.26 Å². The van der Waals surface area contributed by atoms with Crippen molar-refractivity contribution in [3.8, 4) is 6.07 Å². The van der Waals surface area contributed by atoms with Gasteiger partial charge in [-0.15, -0.1) is 0 Å². The molecule has 2 amide bonds. The lowest BCUT2D eigenvalue weighted by Gasteiger charge is -2.27. The van der Waals surface area contributed by atoms with Crippen LogP contribution in [0.25, 0.3) is 0 Å². The molecule has 0 aromatic heterocycles. The standard InChI is InChI=1S/C18H22ClN3O4/c1-11(2)18(4,10-20)22-15(23)9-26-17(25)12(3)21-16(24)13-5-7-14(19)8-6-13/h5-8,11-12H,9H2,1-4H3,(H,21,24)(H,22,23)/t12-,18+/m0/s1. The Morgan fingerprint density at radius 2 is 1.81 bits per heavy atom. The van der Waals surface area contributed by atoms with Crippen molar-refractivity contribution < 1.29 is 19.1 Å². The second kappa shape index (κ2) is 9.20. The van der Waals surface area contributed by atoms with E-state index in [4.69, 9.17) is 21.6 Å². The van der Waals surface area contributed by atoms with Crippen LogP contribution in [0.15, 0.2) is 24.3 Å². The number of hydrogen-bond donors (Lipinski definition) is 2. The van der Waals surface area contributed by atoms with E-state index < -0.39 is 36.0 Å². The molecule has 2 N–H and O–H groups in total. The molecule has 0 heterocycles. The Hall–Kier alpha value is -2.59. The van der Waals surface area contributed by atoms with Crippen molar-refractivity contribution >= 4 is 29.4 Å². The third-order valence-corrected chi connectivity index (χ3v) is 4.19. The molecule has 1 rings (SSSR count). The molecule has 1 aromatic rings. The van der Waals surface area contributed by atoms with Crippen LogP contribution in [0.3, 0.4) is 0 Å². The van der Waals surface area contributed by atoms with Crippen LogP contribution in [0, 0.1) is 17.2 Å². The molecule has 0 aliphatic rings. The van der Waals surface area contributed by atoms with E-state index >= 15 is 0 Å². The van der Waals surface area contributed by atoms with E-state index in [0.717, 1.165) is 0 Å². The molecule has 2 atom stereocenters. The number of ether oxygens (including phenoxy) is 1. The molecule has 7 nitrogen and oxygen atoms in total. The number of amides is 2. The lowest BCUT2D eigenvalue weighted by molar-refractivity contribution is -0.150. The van der Waals surface area contributed by atoms with Crippen LogP contribution in [0.4, 0.5) is 0 Å². The quantitative estimate of drug-likeness (QED) is 0.705. The van der Waals surface area contributed by atoms with Gasteiger partial charge in [0.25, 0.3) is 11.8 Å². The van der Waals surface area contributed by atoms with E-state index in [-0.39, 0.29) is 5.92 Å². The molecule has 0 radical (unpaired) electrons. The maximum Gasteiger partial charge on any atom is 0.328 e. The number of nitriles is 1. The molecule has 8 heteroatoms. The summed E-state index contributed by atoms with van der Waals surface area (Å²) < 4.78 is 4.90. The third-order valence-electron chi connectivity index (χ3n) is 3.94. The van der Waals surface area contributed by atoms with E-state index in [9.17, 15) is 14.4 Å². The Balaban J connectivity index is 2.52. The highest BCUT2D eigenvalue weighted by atomic mass is 35.5. The third kappa shape index (κ3) is 6.05. The van der Waals surface area contributed by atoms with Crippen LogP contribution >= 0.6 is 11.6 Å². The number of esters is 1. The Labute approximate surface area is 157 Å². The molecular formula is C18H22ClN3O4. The zero-order chi connectivity index (χ0) is 19.9. The van der Waals surface area contributed by atoms with E-state index in [1.807, 2.05) is 6.07 Å². The van der Waals surface area contributed by atoms with E-state index in [1.54, 1.807) is 32.9 Å². The van der Waals surface area contributed by atoms with Crippen LogP contribution in [0.2, 0.25) is 5.02 Å². The monoisotopic (exact) mass is 379 g/mol. The Bertz CT molecular complexity index is 712. The smallest absolute Gasteiger partial charge is 0.328 e. The number of nitrogens with zero attached hydrogens (tertiary/aromatic N) is 1. The van der Waals surface area contributed by atoms with Crippen LogP contribution in [-0.4, -0.2) is 36.0 Å². The highest BCUT2D eigenvalue weighted by Crippen LogP contribution is 2.14. The van der Waals surface area contributed by atoms with Gasteiger partial charge in [0.2, 0.25) is 0 Å². The minimum absolute atomic E-state index is 0.121. The van der Waals surface area contributed by atoms with Gasteiger partial charge in [0, 0.05) is 10.6 Å². The van der Waals surface area contributed by atoms with Crippen LogP contribution < -0.4 is 10.6 Å². The number of halogens is 1. The first kappa shape index (κ1) is 21.5. The van der Waals surface area contributed by atoms with Gasteiger partial charge in [-0.3, -0.25) is 9.59 Å². The molecule has 0 aliphatic heterocycles. The van der Waals surface area contributed by atoms with Gasteiger partial charge >= 0.3 is 5.97 Å². The molecule has 0 unspecified atom stereocenters. The number of rotatable bonds is 7. The second-order valence-corrected chi connectivity index (χ2v) is 6.76. The van der Waals surface area contributed by atoms with Gasteiger partial charge in [0.05, 0.1) is 6.07 Å². The van der Waals surface area contributed by atoms with Gasteiger partial charge in [-0.2, -0.15) is 5.26 Å². The molecule has 1 aromatic carbocycles. The van der Waals surface area contributed by atoms with Crippen molar-refractivity contribution in [1.82, 2.24) is 10.6 Å². The first-order valence-corrected chi connectivity index (χ1v) is 8.42. The largest absolute Gasteiger partial charge is 0.454 e. The summed E-state index contributed by atoms with van der Waals surface area (Å²) in [5, 5.41) is 14.7. The fourth-order valence-electron chi connectivity index (χ4n) is 1.83. The molecule has 0 spiro atoms. The predicted octanol–water partition coefficient (Wildman–Crippen LogP) is 2.06. The van der Waals surface area contributed by atoms with Gasteiger partial charge in [-0.25, -0.2) is 4.79 Å². The maximum absolute atomic E-state index is 12.0. The van der Waals surface area contributed by atoms with Crippen molar-refractivity contribution in [2.45, 2.75) is 39.3 Å². The minimum atomic E-state index is -1.06. The normalized spacial score (nSPS) is 13.9. The van der Waals surface area contributed by atoms with Gasteiger partial charge in [0.1, 0.15) is 11.6 Å². The Morgan fingerprint density at radius 3 is 2.31 bits per heavy atom. The molecule has 0 aliphatic carbocycles. The van der Waals surface area contributed by atoms with E-state index in [0.29, 0.717) is 10.6 Å². The zero-order valence-electron chi connectivity index (χ0n) is 15.1. The fourth-order valence-corrected chi connectivity index (χ4v) is 1.95. The van der Waals surface area contributed by atoms with Crippen LogP contribution in [-0.2, 0) is 14.3 Å². The first-order chi connectivity index (χ1) is 12.1. The molecule has 26 heavy (non-hydrogen) atoms. The van der Waals surface area contributed by atoms with Crippen molar-refractivity contribution in [2.24, 2.45) is 5.92 Å². The fraction of sp³-hybridized carbons (Fsp3) is 0.444. The number of nitrogens with one attached hydrogen (secondary N) is 2. The molecule has 0 saturated heterocycles. The summed E-state index contributed by atoms with van der Waals surface area (Å²) in [7, 11) is 0. The average molecular weight is 380 g/mol. The molecular weight excluding hydrogens is 358 g/mol. The second-order valence-electron chi connectivity index (χ2n) is 6.33. The summed E-state index contributed by atoms with van der Waals surface area (Å²) in [5.41, 5.74) is -0.716. The molecule has 0 saturated carbocycles. The number of hydrogen-bond acceptors (Lipinski definition) is 5. The van der Waals surface area contributed by atoms with E-state index in [2.05, 4.69) is 10.6 Å². The highest BCUT2D eigenvalue weighted by molar-refractivity contribution is 6.30. The Morgan fingerprint density at radius 1 is 1.23 bits per heavy atom. The number of carbonyl (C=O) groups is 3. The topological polar surface area (TPSA) is 108 Å². The first-order valence-electron chi connectivity index (χ1n) is 8.04. The average Bonchev–Trinajstić information content (AvgIpc) is 2.59. The number of carbonyl (C=O) groups excluding carboxylic acids is 3. The summed E-state index contributed by atoms with van der Waals surface area (Å²) in [4.78, 5) is 35.9. The summed E-state index contributed by atoms with van der Waals surface area (Å²) in [6, 6.07) is 7.25. The van der Waals surface area contributed by atoms with Crippen molar-refractivity contribution in [2.75, 3.05) is 6.61 Å². The Kier molecular flexibility index (Phi) is 7.59. The SMILES string of the molecule is CC(C)[C@@](C)(C#N)NC(=O)COC(=O)[C@H](C)NC(=O)c1ccc(Cl)cc1. The molecule has 0 fully saturated rings. The van der Waals surface area contributed by atoms with Gasteiger partial charge < -0.3 is 15.4 Å². The highest BCUT2D eigenvalue weighted by Gasteiger charge is 2.30. The predicted molar refractivity (Wildman–Crippen MR) is 96.3 cm³/mol. The van der Waals surface area contributed by atoms with Crippen molar-refractivity contribution in [3.63, 3.8) is 0 Å². The lowest BCUT2D eigenvalue weighted by atomic mass is 9.90. The summed E-state index contributed by atoms with van der Waals surface area (Å²) in [6.45, 7) is 6.09. The minimum Gasteiger partial charge on any atom is -0.454 e. The summed E-state index contributed by atoms with van der Waals surface area (Å²) in [5.74, 6) is -1.94. The van der Waals surface area contributed by atoms with Crippen LogP contribution in [0.5, 0.6) is 0 Å². The zero-order valence-corrected chi connectivity index (χ0v) is 15.9. The molecule has 0 bridgehead atoms. The lowest BCUT2D eigenvalue weighted by Crippen LogP contribution is -2.50. The van der Waals surface area contributed by atoms with Gasteiger partial charge in [-0.05, 0) is 44.0 Å².